The second-order valence-electron chi connectivity index (χ2n) is 7.30. The first kappa shape index (κ1) is 18.8. The molecule has 0 unspecified atom stereocenters. The fraction of sp³-hybridized carbons (Fsp3) is 0.722. The molecule has 8 nitrogen and oxygen atoms in total. The molecule has 0 bridgehead atoms. The predicted octanol–water partition coefficient (Wildman–Crippen LogP) is -0.127. The van der Waals surface area contributed by atoms with Crippen LogP contribution in [0.5, 0.6) is 0 Å². The molecule has 2 aliphatic heterocycles. The van der Waals surface area contributed by atoms with Gasteiger partial charge < -0.3 is 14.6 Å². The Balaban J connectivity index is 1.55. The number of aryl methyl sites for hydroxylation is 1. The molecule has 1 aromatic heterocycles. The monoisotopic (exact) mass is 364 g/mol. The van der Waals surface area contributed by atoms with Crippen LogP contribution in [-0.4, -0.2) is 71.1 Å². The van der Waals surface area contributed by atoms with Gasteiger partial charge in [0, 0.05) is 43.5 Å². The first-order chi connectivity index (χ1) is 12.5. The van der Waals surface area contributed by atoms with Crippen molar-refractivity contribution in [2.24, 2.45) is 5.92 Å². The number of aromatic nitrogens is 2. The summed E-state index contributed by atoms with van der Waals surface area (Å²) >= 11 is 0. The maximum absolute atomic E-state index is 12.6. The Morgan fingerprint density at radius 2 is 1.81 bits per heavy atom. The fourth-order valence-electron chi connectivity index (χ4n) is 4.02. The molecule has 2 N–H and O–H groups in total. The minimum absolute atomic E-state index is 0.0294. The molecule has 3 rings (SSSR count). The Labute approximate surface area is 152 Å². The molecule has 0 saturated carbocycles. The van der Waals surface area contributed by atoms with E-state index >= 15 is 0 Å². The summed E-state index contributed by atoms with van der Waals surface area (Å²) in [6, 6.07) is 0.500. The van der Waals surface area contributed by atoms with Crippen LogP contribution >= 0.6 is 0 Å². The topological polar surface area (TPSA) is 98.5 Å². The number of nitrogens with one attached hydrogen (secondary N) is 2. The highest BCUT2D eigenvalue weighted by Crippen LogP contribution is 2.25. The van der Waals surface area contributed by atoms with Crippen molar-refractivity contribution in [3.05, 3.63) is 32.1 Å². The van der Waals surface area contributed by atoms with E-state index in [-0.39, 0.29) is 12.3 Å². The summed E-state index contributed by atoms with van der Waals surface area (Å²) in [6.45, 7) is 8.93. The second kappa shape index (κ2) is 8.18. The number of carbonyl (C=O) groups is 1. The van der Waals surface area contributed by atoms with E-state index in [0.29, 0.717) is 23.2 Å². The van der Waals surface area contributed by atoms with Crippen molar-refractivity contribution in [2.45, 2.75) is 39.2 Å². The third-order valence-electron chi connectivity index (χ3n) is 5.78. The number of ether oxygens (including phenoxy) is 1. The molecule has 144 valence electrons. The van der Waals surface area contributed by atoms with Crippen LogP contribution in [-0.2, 0) is 16.0 Å². The van der Waals surface area contributed by atoms with Crippen LogP contribution in [0, 0.1) is 12.8 Å². The van der Waals surface area contributed by atoms with Crippen LogP contribution < -0.4 is 11.2 Å². The van der Waals surface area contributed by atoms with Crippen LogP contribution in [0.15, 0.2) is 9.59 Å². The van der Waals surface area contributed by atoms with E-state index in [1.54, 1.807) is 6.92 Å². The van der Waals surface area contributed by atoms with E-state index in [1.807, 2.05) is 4.90 Å². The Hall–Kier alpha value is -1.93. The lowest BCUT2D eigenvalue weighted by Gasteiger charge is -2.41. The highest BCUT2D eigenvalue weighted by Gasteiger charge is 2.30. The number of H-pyrrole nitrogens is 2. The van der Waals surface area contributed by atoms with E-state index in [0.717, 1.165) is 52.2 Å². The van der Waals surface area contributed by atoms with Gasteiger partial charge in [-0.3, -0.25) is 19.5 Å². The minimum atomic E-state index is -0.540. The average Bonchev–Trinajstić information content (AvgIpc) is 2.64. The maximum atomic E-state index is 12.6. The molecule has 0 aromatic carbocycles. The lowest BCUT2D eigenvalue weighted by Crippen LogP contribution is -2.49. The minimum Gasteiger partial charge on any atom is -0.379 e. The van der Waals surface area contributed by atoms with Crippen LogP contribution in [0.2, 0.25) is 0 Å². The Morgan fingerprint density at radius 1 is 1.15 bits per heavy atom. The van der Waals surface area contributed by atoms with Crippen molar-refractivity contribution < 1.29 is 9.53 Å². The maximum Gasteiger partial charge on any atom is 0.325 e. The van der Waals surface area contributed by atoms with Crippen LogP contribution in [0.3, 0.4) is 0 Å². The van der Waals surface area contributed by atoms with Crippen LogP contribution in [0.25, 0.3) is 0 Å². The highest BCUT2D eigenvalue weighted by molar-refractivity contribution is 5.79. The molecule has 1 aromatic rings. The second-order valence-corrected chi connectivity index (χ2v) is 7.30. The summed E-state index contributed by atoms with van der Waals surface area (Å²) in [6.07, 6.45) is 1.98. The number of rotatable bonds is 4. The Kier molecular flexibility index (Phi) is 5.93. The molecule has 0 spiro atoms. The van der Waals surface area contributed by atoms with Gasteiger partial charge >= 0.3 is 5.69 Å². The molecule has 8 heteroatoms. The van der Waals surface area contributed by atoms with Gasteiger partial charge in [-0.25, -0.2) is 4.79 Å². The summed E-state index contributed by atoms with van der Waals surface area (Å²) in [7, 11) is 0. The number of likely N-dealkylation sites (tertiary alicyclic amines) is 1. The van der Waals surface area contributed by atoms with Crippen molar-refractivity contribution in [3.63, 3.8) is 0 Å². The largest absolute Gasteiger partial charge is 0.379 e. The zero-order chi connectivity index (χ0) is 18.7. The molecule has 1 amide bonds. The summed E-state index contributed by atoms with van der Waals surface area (Å²) in [5.74, 6) is 0.526. The third-order valence-corrected chi connectivity index (χ3v) is 5.78. The first-order valence-electron chi connectivity index (χ1n) is 9.37. The third kappa shape index (κ3) is 4.24. The van der Waals surface area contributed by atoms with E-state index in [1.165, 1.54) is 0 Å². The molecule has 2 fully saturated rings. The van der Waals surface area contributed by atoms with Gasteiger partial charge in [-0.1, -0.05) is 0 Å². The summed E-state index contributed by atoms with van der Waals surface area (Å²) < 4.78 is 5.42. The molecule has 2 saturated heterocycles. The molecule has 3 heterocycles. The number of nitrogens with zero attached hydrogens (tertiary/aromatic N) is 2. The van der Waals surface area contributed by atoms with Gasteiger partial charge in [0.1, 0.15) is 0 Å². The van der Waals surface area contributed by atoms with Crippen LogP contribution in [0.1, 0.15) is 31.0 Å². The number of hydrogen-bond acceptors (Lipinski definition) is 5. The SMILES string of the molecule is Cc1[nH]c(=O)[nH]c(=O)c1CC(=O)N1CCC([C@@H](C)N2CCOCC2)CC1. The smallest absolute Gasteiger partial charge is 0.325 e. The van der Waals surface area contributed by atoms with Gasteiger partial charge in [0.15, 0.2) is 0 Å². The number of hydrogen-bond donors (Lipinski definition) is 2. The molecule has 1 atom stereocenters. The Bertz CT molecular complexity index is 742. The molecule has 0 aliphatic carbocycles. The summed E-state index contributed by atoms with van der Waals surface area (Å²) in [5, 5.41) is 0. The number of piperidine rings is 1. The van der Waals surface area contributed by atoms with E-state index < -0.39 is 11.2 Å². The van der Waals surface area contributed by atoms with Gasteiger partial charge in [0.25, 0.3) is 5.56 Å². The fourth-order valence-corrected chi connectivity index (χ4v) is 4.02. The molecule has 0 radical (unpaired) electrons. The van der Waals surface area contributed by atoms with Crippen molar-refractivity contribution in [2.75, 3.05) is 39.4 Å². The number of carbonyl (C=O) groups excluding carboxylic acids is 1. The first-order valence-corrected chi connectivity index (χ1v) is 9.37. The van der Waals surface area contributed by atoms with Crippen LogP contribution in [0.4, 0.5) is 0 Å². The molecular weight excluding hydrogens is 336 g/mol. The van der Waals surface area contributed by atoms with E-state index in [4.69, 9.17) is 4.74 Å². The molecule has 26 heavy (non-hydrogen) atoms. The number of morpholine rings is 1. The normalized spacial score (nSPS) is 20.9. The predicted molar refractivity (Wildman–Crippen MR) is 97.3 cm³/mol. The zero-order valence-electron chi connectivity index (χ0n) is 15.5. The standard InChI is InChI=1S/C18H28N4O4/c1-12-15(17(24)20-18(25)19-12)11-16(23)22-5-3-14(4-6-22)13(2)21-7-9-26-10-8-21/h13-14H,3-11H2,1-2H3,(H2,19,20,24,25)/t13-/m1/s1. The van der Waals surface area contributed by atoms with Gasteiger partial charge in [-0.05, 0) is 32.6 Å². The lowest BCUT2D eigenvalue weighted by molar-refractivity contribution is -0.132. The Morgan fingerprint density at radius 3 is 2.42 bits per heavy atom. The van der Waals surface area contributed by atoms with Gasteiger partial charge in [-0.15, -0.1) is 0 Å². The van der Waals surface area contributed by atoms with Crippen molar-refractivity contribution >= 4 is 5.91 Å². The van der Waals surface area contributed by atoms with Crippen molar-refractivity contribution in [1.29, 1.82) is 0 Å². The summed E-state index contributed by atoms with van der Waals surface area (Å²) in [4.78, 5) is 44.8. The molecular formula is C18H28N4O4. The van der Waals surface area contributed by atoms with Crippen molar-refractivity contribution in [3.8, 4) is 0 Å². The number of amides is 1. The van der Waals surface area contributed by atoms with Gasteiger partial charge in [0.05, 0.1) is 19.6 Å². The summed E-state index contributed by atoms with van der Waals surface area (Å²) in [5.41, 5.74) is -0.210. The average molecular weight is 364 g/mol. The van der Waals surface area contributed by atoms with Gasteiger partial charge in [0.2, 0.25) is 5.91 Å². The quantitative estimate of drug-likeness (QED) is 0.776. The van der Waals surface area contributed by atoms with E-state index in [9.17, 15) is 14.4 Å². The van der Waals surface area contributed by atoms with Crippen molar-refractivity contribution in [1.82, 2.24) is 19.8 Å². The zero-order valence-corrected chi connectivity index (χ0v) is 15.5. The number of aromatic amines is 2. The lowest BCUT2D eigenvalue weighted by atomic mass is 9.89. The highest BCUT2D eigenvalue weighted by atomic mass is 16.5. The molecule has 2 aliphatic rings. The van der Waals surface area contributed by atoms with Gasteiger partial charge in [-0.2, -0.15) is 0 Å². The van der Waals surface area contributed by atoms with E-state index in [2.05, 4.69) is 21.8 Å².